The molecule has 0 bridgehead atoms. The molecule has 2 aliphatic rings. The molecule has 0 radical (unpaired) electrons. The summed E-state index contributed by atoms with van der Waals surface area (Å²) in [7, 11) is 0. The maximum atomic E-state index is 14.9. The van der Waals surface area contributed by atoms with Crippen molar-refractivity contribution < 1.29 is 14.3 Å². The average Bonchev–Trinajstić information content (AvgIpc) is 3.28. The van der Waals surface area contributed by atoms with Gasteiger partial charge in [0.05, 0.1) is 21.6 Å². The summed E-state index contributed by atoms with van der Waals surface area (Å²) in [6.07, 6.45) is 3.32. The lowest BCUT2D eigenvalue weighted by atomic mass is 10.0. The Kier molecular flexibility index (Phi) is 3.79. The Bertz CT molecular complexity index is 1000. The molecule has 0 amide bonds. The maximum Gasteiger partial charge on any atom is 0.341 e. The van der Waals surface area contributed by atoms with Crippen LogP contribution in [0.25, 0.3) is 10.9 Å². The predicted molar refractivity (Wildman–Crippen MR) is 97.7 cm³/mol. The van der Waals surface area contributed by atoms with E-state index >= 15 is 0 Å². The van der Waals surface area contributed by atoms with E-state index in [0.29, 0.717) is 25.2 Å². The first-order valence-corrected chi connectivity index (χ1v) is 8.96. The number of fused-ring (bicyclic) bond motifs is 1. The average molecular weight is 380 g/mol. The van der Waals surface area contributed by atoms with E-state index in [0.717, 1.165) is 18.9 Å². The number of carbonyl (C=O) groups is 1. The van der Waals surface area contributed by atoms with Crippen LogP contribution in [0, 0.1) is 11.2 Å². The molecule has 1 unspecified atom stereocenters. The predicted octanol–water partition coefficient (Wildman–Crippen LogP) is 2.44. The third kappa shape index (κ3) is 2.34. The van der Waals surface area contributed by atoms with Gasteiger partial charge in [-0.25, -0.2) is 9.18 Å². The number of hydrogen-bond donors (Lipinski definition) is 2. The van der Waals surface area contributed by atoms with Crippen molar-refractivity contribution in [1.82, 2.24) is 4.57 Å². The maximum absolute atomic E-state index is 14.9. The van der Waals surface area contributed by atoms with Gasteiger partial charge in [-0.3, -0.25) is 4.79 Å². The van der Waals surface area contributed by atoms with Gasteiger partial charge in [0.15, 0.2) is 0 Å². The van der Waals surface area contributed by atoms with E-state index in [-0.39, 0.29) is 27.6 Å². The fraction of sp³-hybridized carbons (Fsp3) is 0.444. The topological polar surface area (TPSA) is 88.6 Å². The highest BCUT2D eigenvalue weighted by atomic mass is 35.5. The van der Waals surface area contributed by atoms with Gasteiger partial charge in [-0.1, -0.05) is 11.6 Å². The quantitative estimate of drug-likeness (QED) is 0.855. The van der Waals surface area contributed by atoms with Crippen molar-refractivity contribution in [3.8, 4) is 0 Å². The lowest BCUT2D eigenvalue weighted by Crippen LogP contribution is -2.30. The SMILES string of the molecule is CCn1cc(C(=O)O)c(=O)c2cc(F)c(N3CC(N)C4(CC4)C3)c(Cl)c21. The first kappa shape index (κ1) is 17.3. The third-order valence-electron chi connectivity index (χ3n) is 5.72. The zero-order valence-corrected chi connectivity index (χ0v) is 15.0. The number of carboxylic acids is 1. The smallest absolute Gasteiger partial charge is 0.341 e. The molecule has 1 aliphatic heterocycles. The summed E-state index contributed by atoms with van der Waals surface area (Å²) in [5.41, 5.74) is 5.72. The van der Waals surface area contributed by atoms with Crippen molar-refractivity contribution in [2.75, 3.05) is 18.0 Å². The van der Waals surface area contributed by atoms with Crippen LogP contribution in [0.3, 0.4) is 0 Å². The number of aromatic nitrogens is 1. The van der Waals surface area contributed by atoms with E-state index in [2.05, 4.69) is 0 Å². The Hall–Kier alpha value is -2.12. The highest BCUT2D eigenvalue weighted by molar-refractivity contribution is 6.38. The van der Waals surface area contributed by atoms with Crippen molar-refractivity contribution in [2.45, 2.75) is 32.4 Å². The number of anilines is 1. The molecule has 1 aliphatic carbocycles. The van der Waals surface area contributed by atoms with Gasteiger partial charge in [-0.2, -0.15) is 0 Å². The van der Waals surface area contributed by atoms with Crippen LogP contribution in [-0.4, -0.2) is 34.8 Å². The van der Waals surface area contributed by atoms with Crippen molar-refractivity contribution >= 4 is 34.2 Å². The number of halogens is 2. The number of nitrogens with two attached hydrogens (primary N) is 1. The molecule has 4 rings (SSSR count). The Balaban J connectivity index is 1.96. The van der Waals surface area contributed by atoms with Gasteiger partial charge in [-0.05, 0) is 25.8 Å². The normalized spacial score (nSPS) is 20.9. The minimum Gasteiger partial charge on any atom is -0.477 e. The van der Waals surface area contributed by atoms with E-state index in [9.17, 15) is 19.1 Å². The van der Waals surface area contributed by atoms with E-state index in [1.165, 1.54) is 6.20 Å². The molecule has 2 heterocycles. The zero-order valence-electron chi connectivity index (χ0n) is 14.3. The Morgan fingerprint density at radius 3 is 2.73 bits per heavy atom. The summed E-state index contributed by atoms with van der Waals surface area (Å²) in [6, 6.07) is 1.07. The number of pyridine rings is 1. The number of aryl methyl sites for hydroxylation is 1. The summed E-state index contributed by atoms with van der Waals surface area (Å²) < 4.78 is 16.5. The zero-order chi connectivity index (χ0) is 18.8. The van der Waals surface area contributed by atoms with Gasteiger partial charge in [-0.15, -0.1) is 0 Å². The van der Waals surface area contributed by atoms with E-state index < -0.39 is 22.8 Å². The Morgan fingerprint density at radius 2 is 2.19 bits per heavy atom. The Labute approximate surface area is 154 Å². The minimum atomic E-state index is -1.35. The van der Waals surface area contributed by atoms with Crippen molar-refractivity contribution in [3.63, 3.8) is 0 Å². The van der Waals surface area contributed by atoms with Gasteiger partial charge in [0.25, 0.3) is 0 Å². The van der Waals surface area contributed by atoms with Crippen LogP contribution in [0.15, 0.2) is 17.1 Å². The number of nitrogens with zero attached hydrogens (tertiary/aromatic N) is 2. The van der Waals surface area contributed by atoms with Crippen LogP contribution in [-0.2, 0) is 6.54 Å². The van der Waals surface area contributed by atoms with Crippen LogP contribution >= 0.6 is 11.6 Å². The summed E-state index contributed by atoms with van der Waals surface area (Å²) in [4.78, 5) is 25.7. The lowest BCUT2D eigenvalue weighted by Gasteiger charge is -2.23. The molecular weight excluding hydrogens is 361 g/mol. The van der Waals surface area contributed by atoms with Crippen molar-refractivity contribution in [1.29, 1.82) is 0 Å². The van der Waals surface area contributed by atoms with Crippen LogP contribution in [0.1, 0.15) is 30.1 Å². The summed E-state index contributed by atoms with van der Waals surface area (Å²) in [5.74, 6) is -1.98. The summed E-state index contributed by atoms with van der Waals surface area (Å²) >= 11 is 6.55. The summed E-state index contributed by atoms with van der Waals surface area (Å²) in [5, 5.41) is 9.34. The molecule has 1 aromatic carbocycles. The molecule has 1 saturated carbocycles. The molecule has 1 spiro atoms. The van der Waals surface area contributed by atoms with Gasteiger partial charge in [0.1, 0.15) is 11.4 Å². The second kappa shape index (κ2) is 5.69. The molecule has 2 aromatic rings. The number of hydrogen-bond acceptors (Lipinski definition) is 4. The van der Waals surface area contributed by atoms with Crippen molar-refractivity contribution in [3.05, 3.63) is 38.9 Å². The van der Waals surface area contributed by atoms with Crippen molar-refractivity contribution in [2.24, 2.45) is 11.1 Å². The molecule has 26 heavy (non-hydrogen) atoms. The first-order valence-electron chi connectivity index (χ1n) is 8.58. The van der Waals surface area contributed by atoms with Crippen LogP contribution < -0.4 is 16.1 Å². The van der Waals surface area contributed by atoms with E-state index in [1.807, 2.05) is 4.90 Å². The van der Waals surface area contributed by atoms with Crippen LogP contribution in [0.2, 0.25) is 5.02 Å². The molecule has 3 N–H and O–H groups in total. The largest absolute Gasteiger partial charge is 0.477 e. The second-order valence-corrected chi connectivity index (χ2v) is 7.61. The molecule has 1 saturated heterocycles. The van der Waals surface area contributed by atoms with Gasteiger partial charge >= 0.3 is 5.97 Å². The lowest BCUT2D eigenvalue weighted by molar-refractivity contribution is 0.0695. The Morgan fingerprint density at radius 1 is 1.50 bits per heavy atom. The molecule has 8 heteroatoms. The highest BCUT2D eigenvalue weighted by Gasteiger charge is 2.54. The summed E-state index contributed by atoms with van der Waals surface area (Å²) in [6.45, 7) is 3.34. The molecule has 1 aromatic heterocycles. The first-order chi connectivity index (χ1) is 12.3. The second-order valence-electron chi connectivity index (χ2n) is 7.23. The van der Waals surface area contributed by atoms with Gasteiger partial charge in [0.2, 0.25) is 5.43 Å². The number of carboxylic acid groups (broad SMARTS) is 1. The fourth-order valence-electron chi connectivity index (χ4n) is 4.02. The van der Waals surface area contributed by atoms with Gasteiger partial charge < -0.3 is 20.3 Å². The molecule has 1 atom stereocenters. The standard InChI is InChI=1S/C18H19ClFN3O3/c1-2-22-6-10(17(25)26)16(24)9-5-11(20)15(13(19)14(9)22)23-7-12(21)18(8-23)3-4-18/h5-6,12H,2-4,7-8,21H2,1H3,(H,25,26). The number of rotatable bonds is 3. The van der Waals surface area contributed by atoms with Crippen LogP contribution in [0.5, 0.6) is 0 Å². The fourth-order valence-corrected chi connectivity index (χ4v) is 4.44. The number of benzene rings is 1. The number of aromatic carboxylic acids is 1. The highest BCUT2D eigenvalue weighted by Crippen LogP contribution is 2.53. The monoisotopic (exact) mass is 379 g/mol. The molecule has 138 valence electrons. The molecule has 2 fully saturated rings. The molecule has 6 nitrogen and oxygen atoms in total. The van der Waals surface area contributed by atoms with Gasteiger partial charge in [0, 0.05) is 37.3 Å². The van der Waals surface area contributed by atoms with E-state index in [1.54, 1.807) is 11.5 Å². The van der Waals surface area contributed by atoms with E-state index in [4.69, 9.17) is 17.3 Å². The third-order valence-corrected chi connectivity index (χ3v) is 6.08. The molecular formula is C18H19ClFN3O3. The van der Waals surface area contributed by atoms with Crippen LogP contribution in [0.4, 0.5) is 10.1 Å². The minimum absolute atomic E-state index is 0.0253.